The van der Waals surface area contributed by atoms with Gasteiger partial charge in [0.1, 0.15) is 21.1 Å². The highest BCUT2D eigenvalue weighted by Gasteiger charge is 2.25. The monoisotopic (exact) mass is 315 g/mol. The maximum atomic E-state index is 12.1. The third-order valence-corrected chi connectivity index (χ3v) is 3.77. The number of anilines is 1. The number of carbonyl (C=O) groups is 1. The molecule has 0 saturated carbocycles. The minimum absolute atomic E-state index is 0.118. The Balaban J connectivity index is 3.05. The van der Waals surface area contributed by atoms with Gasteiger partial charge in [-0.05, 0) is 19.1 Å². The summed E-state index contributed by atoms with van der Waals surface area (Å²) in [5.41, 5.74) is -0.250. The van der Waals surface area contributed by atoms with Crippen molar-refractivity contribution in [3.05, 3.63) is 33.9 Å². The van der Waals surface area contributed by atoms with Gasteiger partial charge in [0.05, 0.1) is 10.7 Å². The van der Waals surface area contributed by atoms with Crippen LogP contribution in [0.3, 0.4) is 0 Å². The van der Waals surface area contributed by atoms with E-state index in [1.807, 2.05) is 0 Å². The van der Waals surface area contributed by atoms with E-state index in [1.54, 1.807) is 0 Å². The lowest BCUT2D eigenvalue weighted by molar-refractivity contribution is -0.384. The highest BCUT2D eigenvalue weighted by molar-refractivity contribution is 7.90. The quantitative estimate of drug-likeness (QED) is 0.592. The number of hydrogen-bond acceptors (Lipinski definition) is 6. The van der Waals surface area contributed by atoms with Gasteiger partial charge in [0.15, 0.2) is 0 Å². The van der Waals surface area contributed by atoms with Crippen molar-refractivity contribution in [3.8, 4) is 0 Å². The van der Waals surface area contributed by atoms with Gasteiger partial charge >= 0.3 is 5.69 Å². The predicted octanol–water partition coefficient (Wildman–Crippen LogP) is 0.799. The van der Waals surface area contributed by atoms with E-state index in [4.69, 9.17) is 0 Å². The number of nitro benzene ring substituents is 1. The van der Waals surface area contributed by atoms with Crippen molar-refractivity contribution < 1.29 is 18.1 Å². The van der Waals surface area contributed by atoms with Crippen LogP contribution in [0.1, 0.15) is 17.3 Å². The molecule has 0 aliphatic carbocycles. The molecule has 0 fully saturated rings. The Labute approximate surface area is 122 Å². The van der Waals surface area contributed by atoms with Gasteiger partial charge in [0.2, 0.25) is 0 Å². The van der Waals surface area contributed by atoms with Crippen molar-refractivity contribution in [2.75, 3.05) is 24.4 Å². The summed E-state index contributed by atoms with van der Waals surface area (Å²) in [5.74, 6) is -0.923. The average molecular weight is 315 g/mol. The number of carbonyl (C=O) groups excluding carboxylic acids is 1. The molecule has 1 atom stereocenters. The first-order valence-electron chi connectivity index (χ1n) is 6.09. The van der Waals surface area contributed by atoms with E-state index >= 15 is 0 Å². The fraction of sp³-hybridized carbons (Fsp3) is 0.417. The second-order valence-corrected chi connectivity index (χ2v) is 6.86. The molecule has 1 rings (SSSR count). The Bertz CT molecular complexity index is 657. The average Bonchev–Trinajstić information content (AvgIpc) is 2.34. The molecule has 1 aromatic rings. The molecule has 0 heterocycles. The number of benzene rings is 1. The molecule has 1 aromatic carbocycles. The van der Waals surface area contributed by atoms with Gasteiger partial charge in [0.25, 0.3) is 5.91 Å². The molecule has 21 heavy (non-hydrogen) atoms. The van der Waals surface area contributed by atoms with Crippen LogP contribution in [-0.4, -0.2) is 44.3 Å². The molecule has 9 heteroatoms. The number of nitrogens with zero attached hydrogens (tertiary/aromatic N) is 1. The van der Waals surface area contributed by atoms with Crippen LogP contribution >= 0.6 is 0 Å². The molecule has 116 valence electrons. The summed E-state index contributed by atoms with van der Waals surface area (Å²) in [5, 5.41) is 16.2. The number of hydrogen-bond donors (Lipinski definition) is 2. The van der Waals surface area contributed by atoms with Crippen molar-refractivity contribution in [2.24, 2.45) is 0 Å². The summed E-state index contributed by atoms with van der Waals surface area (Å²) in [6, 6.07) is 3.66. The van der Waals surface area contributed by atoms with Gasteiger partial charge in [-0.1, -0.05) is 6.07 Å². The fourth-order valence-electron chi connectivity index (χ4n) is 1.92. The molecule has 8 nitrogen and oxygen atoms in total. The highest BCUT2D eigenvalue weighted by atomic mass is 32.2. The Kier molecular flexibility index (Phi) is 5.25. The zero-order valence-corrected chi connectivity index (χ0v) is 12.7. The predicted molar refractivity (Wildman–Crippen MR) is 79.3 cm³/mol. The Hall–Kier alpha value is -2.16. The second-order valence-electron chi connectivity index (χ2n) is 4.68. The molecule has 0 spiro atoms. The van der Waals surface area contributed by atoms with Gasteiger partial charge in [-0.3, -0.25) is 14.9 Å². The van der Waals surface area contributed by atoms with E-state index in [-0.39, 0.29) is 22.7 Å². The van der Waals surface area contributed by atoms with E-state index in [9.17, 15) is 23.3 Å². The molecule has 2 N–H and O–H groups in total. The topological polar surface area (TPSA) is 118 Å². The molecule has 0 aliphatic rings. The number of nitrogens with one attached hydrogen (secondary N) is 2. The van der Waals surface area contributed by atoms with Gasteiger partial charge < -0.3 is 10.6 Å². The summed E-state index contributed by atoms with van der Waals surface area (Å²) in [6.45, 7) is 1.52. The van der Waals surface area contributed by atoms with Crippen molar-refractivity contribution in [1.82, 2.24) is 5.32 Å². The summed E-state index contributed by atoms with van der Waals surface area (Å²) in [7, 11) is -1.74. The molecule has 0 aliphatic heterocycles. The minimum atomic E-state index is -3.25. The third-order valence-electron chi connectivity index (χ3n) is 2.66. The third kappa shape index (κ3) is 4.71. The van der Waals surface area contributed by atoms with Crippen molar-refractivity contribution in [1.29, 1.82) is 0 Å². The zero-order chi connectivity index (χ0) is 16.2. The first kappa shape index (κ1) is 16.9. The van der Waals surface area contributed by atoms with Crippen LogP contribution in [-0.2, 0) is 9.84 Å². The molecular formula is C12H17N3O5S. The van der Waals surface area contributed by atoms with Crippen molar-refractivity contribution in [2.45, 2.75) is 13.0 Å². The molecular weight excluding hydrogens is 298 g/mol. The Morgan fingerprint density at radius 3 is 2.52 bits per heavy atom. The van der Waals surface area contributed by atoms with Crippen LogP contribution < -0.4 is 10.6 Å². The van der Waals surface area contributed by atoms with Crippen LogP contribution in [0.5, 0.6) is 0 Å². The van der Waals surface area contributed by atoms with Crippen LogP contribution in [0.15, 0.2) is 18.2 Å². The van der Waals surface area contributed by atoms with Crippen molar-refractivity contribution >= 4 is 27.1 Å². The lowest BCUT2D eigenvalue weighted by Crippen LogP contribution is -2.37. The number of nitro groups is 1. The normalized spacial score (nSPS) is 12.5. The SMILES string of the molecule is CNc1cccc(C(=O)NC(C)CS(C)(=O)=O)c1[N+](=O)[O-]. The van der Waals surface area contributed by atoms with Crippen molar-refractivity contribution in [3.63, 3.8) is 0 Å². The molecule has 0 saturated heterocycles. The maximum absolute atomic E-state index is 12.1. The number of rotatable bonds is 6. The molecule has 1 amide bonds. The lowest BCUT2D eigenvalue weighted by Gasteiger charge is -2.13. The van der Waals surface area contributed by atoms with Crippen LogP contribution in [0.2, 0.25) is 0 Å². The van der Waals surface area contributed by atoms with E-state index in [1.165, 1.54) is 32.2 Å². The van der Waals surface area contributed by atoms with E-state index < -0.39 is 26.7 Å². The molecule has 0 bridgehead atoms. The molecule has 0 aromatic heterocycles. The molecule has 1 unspecified atom stereocenters. The standard InChI is InChI=1S/C12H17N3O5S/c1-8(7-21(3,19)20)14-12(16)9-5-4-6-10(13-2)11(9)15(17)18/h4-6,8,13H,7H2,1-3H3,(H,14,16). The number of para-hydroxylation sites is 1. The van der Waals surface area contributed by atoms with Gasteiger partial charge in [-0.25, -0.2) is 8.42 Å². The molecule has 0 radical (unpaired) electrons. The van der Waals surface area contributed by atoms with E-state index in [0.717, 1.165) is 6.26 Å². The Morgan fingerprint density at radius 1 is 1.43 bits per heavy atom. The van der Waals surface area contributed by atoms with E-state index in [2.05, 4.69) is 10.6 Å². The summed E-state index contributed by atoms with van der Waals surface area (Å²) in [6.07, 6.45) is 1.06. The first-order valence-corrected chi connectivity index (χ1v) is 8.15. The fourth-order valence-corrected chi connectivity index (χ4v) is 2.91. The highest BCUT2D eigenvalue weighted by Crippen LogP contribution is 2.28. The van der Waals surface area contributed by atoms with Crippen LogP contribution in [0.25, 0.3) is 0 Å². The van der Waals surface area contributed by atoms with Crippen LogP contribution in [0.4, 0.5) is 11.4 Å². The largest absolute Gasteiger partial charge is 0.383 e. The van der Waals surface area contributed by atoms with Gasteiger partial charge in [-0.15, -0.1) is 0 Å². The van der Waals surface area contributed by atoms with Gasteiger partial charge in [0, 0.05) is 19.3 Å². The smallest absolute Gasteiger partial charge is 0.305 e. The maximum Gasteiger partial charge on any atom is 0.305 e. The first-order chi connectivity index (χ1) is 9.65. The number of amides is 1. The summed E-state index contributed by atoms with van der Waals surface area (Å²) >= 11 is 0. The lowest BCUT2D eigenvalue weighted by atomic mass is 10.1. The minimum Gasteiger partial charge on any atom is -0.383 e. The zero-order valence-electron chi connectivity index (χ0n) is 11.9. The Morgan fingerprint density at radius 2 is 2.05 bits per heavy atom. The summed E-state index contributed by atoms with van der Waals surface area (Å²) < 4.78 is 22.3. The summed E-state index contributed by atoms with van der Waals surface area (Å²) in [4.78, 5) is 22.6. The number of sulfone groups is 1. The second kappa shape index (κ2) is 6.53. The van der Waals surface area contributed by atoms with Gasteiger partial charge in [-0.2, -0.15) is 0 Å². The van der Waals surface area contributed by atoms with Crippen LogP contribution in [0, 0.1) is 10.1 Å². The van der Waals surface area contributed by atoms with E-state index in [0.29, 0.717) is 0 Å².